The van der Waals surface area contributed by atoms with Gasteiger partial charge in [0.2, 0.25) is 0 Å². The van der Waals surface area contributed by atoms with Crippen molar-refractivity contribution in [2.75, 3.05) is 19.7 Å². The van der Waals surface area contributed by atoms with Crippen LogP contribution in [0.5, 0.6) is 5.75 Å². The number of likely N-dealkylation sites (tertiary alicyclic amines) is 1. The van der Waals surface area contributed by atoms with Gasteiger partial charge < -0.3 is 15.0 Å². The third kappa shape index (κ3) is 5.85. The molecule has 0 unspecified atom stereocenters. The number of hydrogen-bond acceptors (Lipinski definition) is 2. The predicted octanol–water partition coefficient (Wildman–Crippen LogP) is 2.71. The second kappa shape index (κ2) is 9.74. The van der Waals surface area contributed by atoms with Gasteiger partial charge in [0.25, 0.3) is 5.91 Å². The first kappa shape index (κ1) is 18.9. The molecule has 1 aliphatic rings. The van der Waals surface area contributed by atoms with Crippen molar-refractivity contribution in [1.82, 2.24) is 5.32 Å². The number of ether oxygens (including phenoxy) is 1. The van der Waals surface area contributed by atoms with Crippen LogP contribution in [0.4, 0.5) is 0 Å². The van der Waals surface area contributed by atoms with E-state index in [0.29, 0.717) is 12.3 Å². The average molecular weight is 418 g/mol. The summed E-state index contributed by atoms with van der Waals surface area (Å²) in [6.07, 6.45) is 4.00. The zero-order valence-corrected chi connectivity index (χ0v) is 16.6. The quantitative estimate of drug-likeness (QED) is 0.726. The number of amides is 1. The number of rotatable bonds is 7. The van der Waals surface area contributed by atoms with Gasteiger partial charge in [-0.25, -0.2) is 0 Å². The van der Waals surface area contributed by atoms with Crippen LogP contribution in [0.2, 0.25) is 0 Å². The standard InChI is InChI=1S/C21H25BrN2O2/c22-19-9-6-10-20(13-19)26-16-21(25)23-14-17-7-2-3-8-18(17)15-24-11-4-1-5-12-24/h2-3,6-10,13H,1,4-5,11-12,14-16H2,(H,23,25)/p+1. The molecule has 26 heavy (non-hydrogen) atoms. The first-order valence-corrected chi connectivity index (χ1v) is 10.1. The Morgan fingerprint density at radius 2 is 1.81 bits per heavy atom. The van der Waals surface area contributed by atoms with Crippen molar-refractivity contribution < 1.29 is 14.4 Å². The molecule has 5 heteroatoms. The molecular weight excluding hydrogens is 392 g/mol. The van der Waals surface area contributed by atoms with Gasteiger partial charge in [-0.05, 0) is 43.0 Å². The molecule has 1 aliphatic heterocycles. The van der Waals surface area contributed by atoms with Gasteiger partial charge in [-0.3, -0.25) is 4.79 Å². The molecule has 0 atom stereocenters. The van der Waals surface area contributed by atoms with Crippen molar-refractivity contribution in [3.8, 4) is 5.75 Å². The Morgan fingerprint density at radius 1 is 1.04 bits per heavy atom. The van der Waals surface area contributed by atoms with E-state index in [1.807, 2.05) is 30.3 Å². The van der Waals surface area contributed by atoms with Crippen LogP contribution in [0.3, 0.4) is 0 Å². The second-order valence-electron chi connectivity index (χ2n) is 6.78. The molecule has 2 N–H and O–H groups in total. The summed E-state index contributed by atoms with van der Waals surface area (Å²) in [6, 6.07) is 15.9. The Morgan fingerprint density at radius 3 is 2.58 bits per heavy atom. The topological polar surface area (TPSA) is 42.8 Å². The molecule has 0 saturated carbocycles. The van der Waals surface area contributed by atoms with E-state index >= 15 is 0 Å². The van der Waals surface area contributed by atoms with Crippen LogP contribution in [0, 0.1) is 0 Å². The maximum Gasteiger partial charge on any atom is 0.258 e. The minimum Gasteiger partial charge on any atom is -0.484 e. The molecule has 138 valence electrons. The maximum atomic E-state index is 12.1. The molecule has 0 aliphatic carbocycles. The molecule has 3 rings (SSSR count). The van der Waals surface area contributed by atoms with Crippen LogP contribution >= 0.6 is 15.9 Å². The normalized spacial score (nSPS) is 14.8. The van der Waals surface area contributed by atoms with E-state index in [9.17, 15) is 4.79 Å². The molecule has 1 heterocycles. The largest absolute Gasteiger partial charge is 0.484 e. The number of carbonyl (C=O) groups excluding carboxylic acids is 1. The van der Waals surface area contributed by atoms with Crippen molar-refractivity contribution in [3.05, 3.63) is 64.1 Å². The highest BCUT2D eigenvalue weighted by Crippen LogP contribution is 2.17. The van der Waals surface area contributed by atoms with E-state index < -0.39 is 0 Å². The van der Waals surface area contributed by atoms with Gasteiger partial charge in [0, 0.05) is 16.6 Å². The molecule has 1 amide bonds. The first-order valence-electron chi connectivity index (χ1n) is 9.26. The lowest BCUT2D eigenvalue weighted by Gasteiger charge is -2.24. The summed E-state index contributed by atoms with van der Waals surface area (Å²) >= 11 is 3.40. The molecular formula is C21H26BrN2O2+. The van der Waals surface area contributed by atoms with Crippen LogP contribution in [0.1, 0.15) is 30.4 Å². The Kier molecular flexibility index (Phi) is 7.09. The van der Waals surface area contributed by atoms with Gasteiger partial charge in [-0.1, -0.05) is 46.3 Å². The van der Waals surface area contributed by atoms with E-state index in [1.165, 1.54) is 43.5 Å². The van der Waals surface area contributed by atoms with E-state index in [0.717, 1.165) is 11.0 Å². The fourth-order valence-electron chi connectivity index (χ4n) is 3.35. The van der Waals surface area contributed by atoms with E-state index in [1.54, 1.807) is 4.90 Å². The van der Waals surface area contributed by atoms with Crippen molar-refractivity contribution in [1.29, 1.82) is 0 Å². The monoisotopic (exact) mass is 417 g/mol. The molecule has 2 aromatic rings. The lowest BCUT2D eigenvalue weighted by atomic mass is 10.0. The SMILES string of the molecule is O=C(COc1cccc(Br)c1)NCc1ccccc1C[NH+]1CCCCC1. The maximum absolute atomic E-state index is 12.1. The lowest BCUT2D eigenvalue weighted by molar-refractivity contribution is -0.918. The van der Waals surface area contributed by atoms with Gasteiger partial charge in [0.15, 0.2) is 6.61 Å². The number of piperidine rings is 1. The molecule has 1 saturated heterocycles. The molecule has 0 radical (unpaired) electrons. The summed E-state index contributed by atoms with van der Waals surface area (Å²) in [5.41, 5.74) is 2.53. The number of nitrogens with one attached hydrogen (secondary N) is 2. The number of benzene rings is 2. The van der Waals surface area contributed by atoms with Crippen LogP contribution in [-0.2, 0) is 17.9 Å². The lowest BCUT2D eigenvalue weighted by Crippen LogP contribution is -3.11. The first-order chi connectivity index (χ1) is 12.7. The summed E-state index contributed by atoms with van der Waals surface area (Å²) in [5, 5.41) is 2.98. The fraction of sp³-hybridized carbons (Fsp3) is 0.381. The van der Waals surface area contributed by atoms with Crippen LogP contribution in [0.15, 0.2) is 53.0 Å². The van der Waals surface area contributed by atoms with Gasteiger partial charge >= 0.3 is 0 Å². The average Bonchev–Trinajstić information content (AvgIpc) is 2.66. The van der Waals surface area contributed by atoms with Crippen molar-refractivity contribution in [2.24, 2.45) is 0 Å². The molecule has 0 aromatic heterocycles. The third-order valence-corrected chi connectivity index (χ3v) is 5.25. The Hall–Kier alpha value is -1.85. The number of carbonyl (C=O) groups is 1. The third-order valence-electron chi connectivity index (χ3n) is 4.76. The summed E-state index contributed by atoms with van der Waals surface area (Å²) in [6.45, 7) is 4.11. The predicted molar refractivity (Wildman–Crippen MR) is 106 cm³/mol. The summed E-state index contributed by atoms with van der Waals surface area (Å²) in [4.78, 5) is 13.8. The highest BCUT2D eigenvalue weighted by atomic mass is 79.9. The minimum absolute atomic E-state index is 0.0238. The zero-order chi connectivity index (χ0) is 18.2. The van der Waals surface area contributed by atoms with E-state index in [4.69, 9.17) is 4.74 Å². The van der Waals surface area contributed by atoms with Gasteiger partial charge in [0.1, 0.15) is 12.3 Å². The van der Waals surface area contributed by atoms with Crippen LogP contribution in [-0.4, -0.2) is 25.6 Å². The Bertz CT molecular complexity index is 729. The summed E-state index contributed by atoms with van der Waals surface area (Å²) in [7, 11) is 0. The Labute approximate surface area is 163 Å². The van der Waals surface area contributed by atoms with Gasteiger partial charge in [-0.15, -0.1) is 0 Å². The Balaban J connectivity index is 1.50. The molecule has 0 spiro atoms. The van der Waals surface area contributed by atoms with Crippen LogP contribution in [0.25, 0.3) is 0 Å². The number of hydrogen-bond donors (Lipinski definition) is 2. The van der Waals surface area contributed by atoms with Gasteiger partial charge in [-0.2, -0.15) is 0 Å². The number of halogens is 1. The van der Waals surface area contributed by atoms with E-state index in [2.05, 4.69) is 39.4 Å². The van der Waals surface area contributed by atoms with Gasteiger partial charge in [0.05, 0.1) is 13.1 Å². The summed E-state index contributed by atoms with van der Waals surface area (Å²) in [5.74, 6) is 0.578. The highest BCUT2D eigenvalue weighted by molar-refractivity contribution is 9.10. The molecule has 0 bridgehead atoms. The smallest absolute Gasteiger partial charge is 0.258 e. The second-order valence-corrected chi connectivity index (χ2v) is 7.69. The van der Waals surface area contributed by atoms with Crippen molar-refractivity contribution >= 4 is 21.8 Å². The van der Waals surface area contributed by atoms with Crippen LogP contribution < -0.4 is 15.0 Å². The molecule has 4 nitrogen and oxygen atoms in total. The minimum atomic E-state index is -0.106. The molecule has 1 fully saturated rings. The summed E-state index contributed by atoms with van der Waals surface area (Å²) < 4.78 is 6.48. The highest BCUT2D eigenvalue weighted by Gasteiger charge is 2.15. The zero-order valence-electron chi connectivity index (χ0n) is 15.0. The van der Waals surface area contributed by atoms with E-state index in [-0.39, 0.29) is 12.5 Å². The van der Waals surface area contributed by atoms with Crippen molar-refractivity contribution in [2.45, 2.75) is 32.4 Å². The van der Waals surface area contributed by atoms with Crippen molar-refractivity contribution in [3.63, 3.8) is 0 Å². The fourth-order valence-corrected chi connectivity index (χ4v) is 3.73. The molecule has 2 aromatic carbocycles. The number of quaternary nitrogens is 1.